The molecule has 32 heavy (non-hydrogen) atoms. The summed E-state index contributed by atoms with van der Waals surface area (Å²) in [5.74, 6) is 0.365. The Morgan fingerprint density at radius 3 is 2.72 bits per heavy atom. The summed E-state index contributed by atoms with van der Waals surface area (Å²) in [6.07, 6.45) is 4.75. The zero-order valence-corrected chi connectivity index (χ0v) is 19.5. The molecule has 0 bridgehead atoms. The fraction of sp³-hybridized carbons (Fsp3) is 0.333. The normalized spacial score (nSPS) is 18.0. The fourth-order valence-electron chi connectivity index (χ4n) is 4.42. The van der Waals surface area contributed by atoms with Crippen LogP contribution in [0.5, 0.6) is 0 Å². The number of anilines is 2. The summed E-state index contributed by atoms with van der Waals surface area (Å²) in [7, 11) is -3.69. The zero-order chi connectivity index (χ0) is 22.3. The van der Waals surface area contributed by atoms with Gasteiger partial charge in [-0.05, 0) is 73.9 Å². The van der Waals surface area contributed by atoms with E-state index in [1.54, 1.807) is 12.1 Å². The lowest BCUT2D eigenvalue weighted by Gasteiger charge is -2.30. The molecule has 3 aromatic rings. The molecule has 166 valence electrons. The van der Waals surface area contributed by atoms with Crippen LogP contribution in [0.2, 0.25) is 0 Å². The van der Waals surface area contributed by atoms with Gasteiger partial charge in [-0.25, -0.2) is 13.4 Å². The first kappa shape index (κ1) is 21.2. The number of nitrogens with one attached hydrogen (secondary N) is 1. The van der Waals surface area contributed by atoms with E-state index in [1.807, 2.05) is 24.3 Å². The highest BCUT2D eigenvalue weighted by molar-refractivity contribution is 7.92. The number of hydrogen-bond acceptors (Lipinski definition) is 5. The highest BCUT2D eigenvalue weighted by Crippen LogP contribution is 2.33. The van der Waals surface area contributed by atoms with E-state index >= 15 is 0 Å². The molecule has 1 atom stereocenters. The van der Waals surface area contributed by atoms with Gasteiger partial charge in [0.15, 0.2) is 5.13 Å². The number of thiazole rings is 1. The Balaban J connectivity index is 1.34. The van der Waals surface area contributed by atoms with E-state index in [-0.39, 0.29) is 10.8 Å². The summed E-state index contributed by atoms with van der Waals surface area (Å²) in [4.78, 5) is 18.7. The highest BCUT2D eigenvalue weighted by atomic mass is 32.2. The molecule has 0 saturated heterocycles. The maximum absolute atomic E-state index is 13.3. The van der Waals surface area contributed by atoms with E-state index < -0.39 is 10.0 Å². The van der Waals surface area contributed by atoms with Gasteiger partial charge in [0.25, 0.3) is 15.9 Å². The quantitative estimate of drug-likeness (QED) is 0.605. The number of sulfonamides is 1. The predicted octanol–water partition coefficient (Wildman–Crippen LogP) is 4.66. The summed E-state index contributed by atoms with van der Waals surface area (Å²) in [6.45, 7) is 2.69. The Morgan fingerprint density at radius 2 is 1.91 bits per heavy atom. The minimum absolute atomic E-state index is 0.185. The van der Waals surface area contributed by atoms with Gasteiger partial charge in [-0.1, -0.05) is 25.1 Å². The van der Waals surface area contributed by atoms with E-state index in [1.165, 1.54) is 32.7 Å². The van der Waals surface area contributed by atoms with Crippen molar-refractivity contribution in [3.8, 4) is 0 Å². The third kappa shape index (κ3) is 3.93. The number of hydrogen-bond donors (Lipinski definition) is 1. The first-order valence-electron chi connectivity index (χ1n) is 10.9. The van der Waals surface area contributed by atoms with Gasteiger partial charge in [-0.3, -0.25) is 14.4 Å². The van der Waals surface area contributed by atoms with E-state index in [9.17, 15) is 13.2 Å². The molecule has 0 saturated carbocycles. The van der Waals surface area contributed by atoms with Crippen molar-refractivity contribution in [3.63, 3.8) is 0 Å². The van der Waals surface area contributed by atoms with Crippen LogP contribution in [-0.2, 0) is 29.3 Å². The zero-order valence-electron chi connectivity index (χ0n) is 17.9. The lowest BCUT2D eigenvalue weighted by Crippen LogP contribution is -2.35. The molecule has 0 radical (unpaired) electrons. The van der Waals surface area contributed by atoms with Gasteiger partial charge >= 0.3 is 0 Å². The number of para-hydroxylation sites is 1. The number of carbonyl (C=O) groups is 1. The second kappa shape index (κ2) is 8.33. The largest absolute Gasteiger partial charge is 0.298 e. The number of nitrogens with zero attached hydrogens (tertiary/aromatic N) is 2. The van der Waals surface area contributed by atoms with Crippen LogP contribution in [0.1, 0.15) is 46.3 Å². The Kier molecular flexibility index (Phi) is 5.51. The summed E-state index contributed by atoms with van der Waals surface area (Å²) in [6, 6.07) is 13.8. The topological polar surface area (TPSA) is 79.4 Å². The minimum Gasteiger partial charge on any atom is -0.298 e. The van der Waals surface area contributed by atoms with Crippen LogP contribution in [0.3, 0.4) is 0 Å². The second-order valence-corrected chi connectivity index (χ2v) is 11.5. The Morgan fingerprint density at radius 1 is 1.12 bits per heavy atom. The third-order valence-electron chi connectivity index (χ3n) is 6.18. The van der Waals surface area contributed by atoms with Gasteiger partial charge in [-0.15, -0.1) is 11.3 Å². The van der Waals surface area contributed by atoms with Crippen molar-refractivity contribution >= 4 is 38.1 Å². The average Bonchev–Trinajstić information content (AvgIpc) is 3.20. The fourth-order valence-corrected chi connectivity index (χ4v) is 7.12. The molecule has 1 aliphatic carbocycles. The van der Waals surface area contributed by atoms with Gasteiger partial charge in [0.05, 0.1) is 16.3 Å². The third-order valence-corrected chi connectivity index (χ3v) is 9.04. The number of benzene rings is 2. The highest BCUT2D eigenvalue weighted by Gasteiger charge is 2.29. The summed E-state index contributed by atoms with van der Waals surface area (Å²) < 4.78 is 28.0. The molecule has 5 rings (SSSR count). The number of aromatic nitrogens is 1. The maximum Gasteiger partial charge on any atom is 0.264 e. The molecular formula is C24H25N3O3S2. The monoisotopic (exact) mass is 467 g/mol. The summed E-state index contributed by atoms with van der Waals surface area (Å²) in [5.41, 5.74) is 3.28. The molecule has 0 unspecified atom stereocenters. The Bertz CT molecular complexity index is 1270. The summed E-state index contributed by atoms with van der Waals surface area (Å²) >= 11 is 1.54. The first-order valence-corrected chi connectivity index (χ1v) is 13.2. The van der Waals surface area contributed by atoms with Crippen LogP contribution in [0.25, 0.3) is 0 Å². The van der Waals surface area contributed by atoms with Crippen LogP contribution in [0.4, 0.5) is 10.8 Å². The van der Waals surface area contributed by atoms with Gasteiger partial charge in [0.1, 0.15) is 0 Å². The molecule has 8 heteroatoms. The lowest BCUT2D eigenvalue weighted by molar-refractivity contribution is 0.102. The molecule has 2 heterocycles. The Hall–Kier alpha value is -2.71. The average molecular weight is 468 g/mol. The number of rotatable bonds is 4. The number of carbonyl (C=O) groups excluding carboxylic acids is 1. The van der Waals surface area contributed by atoms with Crippen LogP contribution < -0.4 is 9.62 Å². The van der Waals surface area contributed by atoms with Crippen molar-refractivity contribution in [3.05, 3.63) is 70.2 Å². The number of aryl methyl sites for hydroxylation is 2. The smallest absolute Gasteiger partial charge is 0.264 e. The molecule has 1 amide bonds. The lowest BCUT2D eigenvalue weighted by atomic mass is 9.93. The molecule has 1 N–H and O–H groups in total. The summed E-state index contributed by atoms with van der Waals surface area (Å²) in [5, 5.41) is 3.48. The van der Waals surface area contributed by atoms with Crippen molar-refractivity contribution in [1.82, 2.24) is 4.98 Å². The molecule has 1 aromatic heterocycles. The van der Waals surface area contributed by atoms with Crippen molar-refractivity contribution in [2.45, 2.75) is 43.9 Å². The minimum atomic E-state index is -3.69. The van der Waals surface area contributed by atoms with E-state index in [2.05, 4.69) is 17.2 Å². The van der Waals surface area contributed by atoms with Gasteiger partial charge < -0.3 is 0 Å². The molecule has 0 spiro atoms. The maximum atomic E-state index is 13.3. The van der Waals surface area contributed by atoms with Crippen LogP contribution >= 0.6 is 11.3 Å². The molecular weight excluding hydrogens is 442 g/mol. The molecule has 2 aliphatic rings. The van der Waals surface area contributed by atoms with Gasteiger partial charge in [0, 0.05) is 17.0 Å². The second-order valence-electron chi connectivity index (χ2n) is 8.52. The number of amides is 1. The number of fused-ring (bicyclic) bond motifs is 2. The van der Waals surface area contributed by atoms with Gasteiger partial charge in [0.2, 0.25) is 0 Å². The van der Waals surface area contributed by atoms with Crippen molar-refractivity contribution in [2.75, 3.05) is 16.2 Å². The van der Waals surface area contributed by atoms with Crippen molar-refractivity contribution in [1.29, 1.82) is 0 Å². The van der Waals surface area contributed by atoms with E-state index in [4.69, 9.17) is 0 Å². The molecule has 2 aromatic carbocycles. The van der Waals surface area contributed by atoms with Crippen LogP contribution in [-0.4, -0.2) is 25.9 Å². The standard InChI is InChI=1S/C24H25N3O3S2/c1-16-8-13-20-22(15-16)31-24(25-20)26-23(28)18-9-11-19(12-10-18)32(29,30)27-14-4-6-17-5-2-3-7-21(17)27/h2-3,5,7,9-12,16H,4,6,8,13-15H2,1H3,(H,25,26,28)/t16-/m1/s1. The first-order chi connectivity index (χ1) is 15.4. The Labute approximate surface area is 192 Å². The molecule has 0 fully saturated rings. The van der Waals surface area contributed by atoms with Crippen molar-refractivity contribution < 1.29 is 13.2 Å². The SMILES string of the molecule is C[C@@H]1CCc2nc(NC(=O)c3ccc(S(=O)(=O)N4CCCc5ccccc54)cc3)sc2C1. The van der Waals surface area contributed by atoms with Crippen LogP contribution in [0, 0.1) is 5.92 Å². The molecule has 6 nitrogen and oxygen atoms in total. The van der Waals surface area contributed by atoms with Gasteiger partial charge in [-0.2, -0.15) is 0 Å². The predicted molar refractivity (Wildman–Crippen MR) is 127 cm³/mol. The molecule has 1 aliphatic heterocycles. The van der Waals surface area contributed by atoms with E-state index in [0.29, 0.717) is 23.2 Å². The van der Waals surface area contributed by atoms with Crippen LogP contribution in [0.15, 0.2) is 53.4 Å². The van der Waals surface area contributed by atoms with E-state index in [0.717, 1.165) is 49.0 Å². The van der Waals surface area contributed by atoms with Crippen molar-refractivity contribution in [2.24, 2.45) is 5.92 Å².